The Morgan fingerprint density at radius 3 is 2.82 bits per heavy atom. The number of hydrogen-bond acceptors (Lipinski definition) is 6. The van der Waals surface area contributed by atoms with Crippen LogP contribution >= 0.6 is 18.1 Å². The van der Waals surface area contributed by atoms with Crippen LogP contribution in [-0.2, 0) is 29.3 Å². The van der Waals surface area contributed by atoms with Crippen LogP contribution in [-0.4, -0.2) is 26.4 Å². The van der Waals surface area contributed by atoms with Gasteiger partial charge < -0.3 is 20.0 Å². The van der Waals surface area contributed by atoms with Gasteiger partial charge in [0, 0.05) is 19.5 Å². The van der Waals surface area contributed by atoms with Gasteiger partial charge in [-0.2, -0.15) is 4.57 Å². The van der Waals surface area contributed by atoms with Gasteiger partial charge in [0.15, 0.2) is 12.2 Å². The van der Waals surface area contributed by atoms with E-state index in [1.807, 2.05) is 12.4 Å². The topological polar surface area (TPSA) is 105 Å². The minimum absolute atomic E-state index is 0.182. The van der Waals surface area contributed by atoms with Gasteiger partial charge in [-0.1, -0.05) is 11.3 Å². The smallest absolute Gasteiger partial charge is 0.321 e. The van der Waals surface area contributed by atoms with E-state index in [9.17, 15) is 0 Å². The van der Waals surface area contributed by atoms with Crippen LogP contribution in [0.2, 0.25) is 0 Å². The van der Waals surface area contributed by atoms with E-state index in [4.69, 9.17) is 20.0 Å². The highest BCUT2D eigenvalue weighted by atomic mass is 32.5. The average Bonchev–Trinajstić information content (AvgIpc) is 2.73. The Hall–Kier alpha value is -0.960. The number of aromatic nitrogens is 3. The molecule has 0 amide bonds. The van der Waals surface area contributed by atoms with Gasteiger partial charge in [-0.3, -0.25) is 0 Å². The van der Waals surface area contributed by atoms with Gasteiger partial charge in [0.2, 0.25) is 5.51 Å². The van der Waals surface area contributed by atoms with Crippen LogP contribution in [0.1, 0.15) is 22.0 Å². The molecule has 120 valence electrons. The minimum Gasteiger partial charge on any atom is -0.383 e. The summed E-state index contributed by atoms with van der Waals surface area (Å²) in [7, 11) is 0. The highest BCUT2D eigenvalue weighted by Crippen LogP contribution is 2.36. The zero-order chi connectivity index (χ0) is 16.3. The van der Waals surface area contributed by atoms with Crippen molar-refractivity contribution < 1.29 is 18.9 Å². The fourth-order valence-corrected chi connectivity index (χ4v) is 3.45. The summed E-state index contributed by atoms with van der Waals surface area (Å²) in [6, 6.07) is 0. The minimum atomic E-state index is -3.58. The van der Waals surface area contributed by atoms with Crippen molar-refractivity contribution in [2.75, 3.05) is 12.3 Å². The maximum Gasteiger partial charge on any atom is 0.321 e. The van der Waals surface area contributed by atoms with Crippen LogP contribution in [0.3, 0.4) is 0 Å². The van der Waals surface area contributed by atoms with E-state index in [0.717, 1.165) is 16.1 Å². The Bertz CT molecular complexity index is 716. The molecule has 0 aliphatic rings. The van der Waals surface area contributed by atoms with Gasteiger partial charge in [0.25, 0.3) is 0 Å². The number of aryl methyl sites for hydroxylation is 1. The molecule has 22 heavy (non-hydrogen) atoms. The first-order chi connectivity index (χ1) is 10.3. The highest BCUT2D eigenvalue weighted by Gasteiger charge is 2.18. The molecule has 0 spiro atoms. The average molecular weight is 361 g/mol. The number of hydrogen-bond donors (Lipinski definition) is 3. The Morgan fingerprint density at radius 1 is 1.45 bits per heavy atom. The van der Waals surface area contributed by atoms with Crippen molar-refractivity contribution >= 4 is 35.7 Å². The number of thiazole rings is 1. The Labute approximate surface area is 137 Å². The zero-order valence-corrected chi connectivity index (χ0v) is 14.8. The Morgan fingerprint density at radius 2 is 2.18 bits per heavy atom. The van der Waals surface area contributed by atoms with Gasteiger partial charge in [0.05, 0.1) is 17.0 Å². The van der Waals surface area contributed by atoms with Crippen molar-refractivity contribution in [2.45, 2.75) is 26.8 Å². The molecule has 0 saturated heterocycles. The largest absolute Gasteiger partial charge is 0.383 e. The predicted molar refractivity (Wildman–Crippen MR) is 87.9 cm³/mol. The third-order valence-corrected chi connectivity index (χ3v) is 5.08. The quantitative estimate of drug-likeness (QED) is 0.517. The number of nitrogen functional groups attached to an aromatic ring is 1. The number of rotatable bonds is 6. The molecule has 0 saturated carbocycles. The molecule has 0 aliphatic heterocycles. The van der Waals surface area contributed by atoms with E-state index in [2.05, 4.69) is 26.3 Å². The fourth-order valence-electron chi connectivity index (χ4n) is 1.92. The van der Waals surface area contributed by atoms with E-state index < -0.39 is 6.72 Å². The first kappa shape index (κ1) is 17.4. The van der Waals surface area contributed by atoms with Crippen LogP contribution < -0.4 is 10.3 Å². The Kier molecular flexibility index (Phi) is 5.60. The molecule has 0 aliphatic carbocycles. The highest BCUT2D eigenvalue weighted by molar-refractivity contribution is 8.06. The summed E-state index contributed by atoms with van der Waals surface area (Å²) in [6.07, 6.45) is 2.31. The molecule has 2 rings (SSSR count). The fraction of sp³-hybridized carbons (Fsp3) is 0.417. The second-order valence-electron chi connectivity index (χ2n) is 4.76. The van der Waals surface area contributed by atoms with Crippen molar-refractivity contribution in [3.8, 4) is 0 Å². The summed E-state index contributed by atoms with van der Waals surface area (Å²) in [4.78, 5) is 27.5. The number of anilines is 1. The molecule has 0 aromatic carbocycles. The Balaban J connectivity index is 2.06. The van der Waals surface area contributed by atoms with Crippen molar-refractivity contribution in [1.82, 2.24) is 9.97 Å². The predicted octanol–water partition coefficient (Wildman–Crippen LogP) is 0.841. The van der Waals surface area contributed by atoms with Crippen molar-refractivity contribution in [1.29, 1.82) is 0 Å². The van der Waals surface area contributed by atoms with Crippen LogP contribution in [0, 0.1) is 13.8 Å². The SMILES string of the molecule is Cc1ncc(C[n+]2csc(CCOP(O)(O)=S)c2C)c(N)n1. The maximum absolute atomic E-state index is 9.05. The van der Waals surface area contributed by atoms with E-state index in [-0.39, 0.29) is 6.61 Å². The summed E-state index contributed by atoms with van der Waals surface area (Å²) in [6.45, 7) is 0.982. The van der Waals surface area contributed by atoms with E-state index in [0.29, 0.717) is 24.6 Å². The molecule has 4 N–H and O–H groups in total. The molecular weight excluding hydrogens is 343 g/mol. The van der Waals surface area contributed by atoms with Crippen LogP contribution in [0.4, 0.5) is 5.82 Å². The van der Waals surface area contributed by atoms with Gasteiger partial charge >= 0.3 is 6.72 Å². The molecule has 7 nitrogen and oxygen atoms in total. The van der Waals surface area contributed by atoms with Gasteiger partial charge in [0.1, 0.15) is 11.6 Å². The molecular formula is C12H18N4O3PS2+. The maximum atomic E-state index is 9.05. The molecule has 10 heteroatoms. The third kappa shape index (κ3) is 4.77. The first-order valence-electron chi connectivity index (χ1n) is 6.51. The van der Waals surface area contributed by atoms with Crippen molar-refractivity contribution in [3.63, 3.8) is 0 Å². The second-order valence-corrected chi connectivity index (χ2v) is 8.37. The third-order valence-electron chi connectivity index (χ3n) is 3.10. The van der Waals surface area contributed by atoms with Crippen molar-refractivity contribution in [3.05, 3.63) is 33.7 Å². The summed E-state index contributed by atoms with van der Waals surface area (Å²) >= 11 is 5.99. The summed E-state index contributed by atoms with van der Waals surface area (Å²) in [5, 5.41) is 0. The molecule has 0 bridgehead atoms. The lowest BCUT2D eigenvalue weighted by molar-refractivity contribution is -0.689. The lowest BCUT2D eigenvalue weighted by Crippen LogP contribution is -2.35. The molecule has 0 unspecified atom stereocenters. The number of nitrogens with two attached hydrogens (primary N) is 1. The first-order valence-corrected chi connectivity index (χ1v) is 10.0. The zero-order valence-electron chi connectivity index (χ0n) is 12.3. The summed E-state index contributed by atoms with van der Waals surface area (Å²) in [5.74, 6) is 1.13. The molecule has 0 atom stereocenters. The van der Waals surface area contributed by atoms with E-state index in [1.165, 1.54) is 0 Å². The van der Waals surface area contributed by atoms with Crippen molar-refractivity contribution in [2.24, 2.45) is 0 Å². The van der Waals surface area contributed by atoms with Gasteiger partial charge in [-0.25, -0.2) is 9.97 Å². The second kappa shape index (κ2) is 7.08. The number of nitrogens with zero attached hydrogens (tertiary/aromatic N) is 3. The van der Waals surface area contributed by atoms with Gasteiger partial charge in [-0.15, -0.1) is 0 Å². The molecule has 2 aromatic heterocycles. The van der Waals surface area contributed by atoms with Crippen LogP contribution in [0.5, 0.6) is 0 Å². The normalized spacial score (nSPS) is 11.8. The van der Waals surface area contributed by atoms with E-state index >= 15 is 0 Å². The molecule has 2 heterocycles. The monoisotopic (exact) mass is 361 g/mol. The van der Waals surface area contributed by atoms with E-state index in [1.54, 1.807) is 24.5 Å². The lowest BCUT2D eigenvalue weighted by Gasteiger charge is -2.06. The molecule has 0 fully saturated rings. The summed E-state index contributed by atoms with van der Waals surface area (Å²) in [5.41, 5.74) is 9.82. The lowest BCUT2D eigenvalue weighted by atomic mass is 10.2. The van der Waals surface area contributed by atoms with Crippen LogP contribution in [0.15, 0.2) is 11.7 Å². The standard InChI is InChI=1S/C12H17N4O3PS2/c1-8-11(3-4-19-20(17,18)21)22-7-16(8)6-10-5-14-9(2)15-12(10)13/h5,7H,3-4,6H2,1-2H3,(H3-,13,14,15,17,18,21)/p+1. The molecule has 2 aromatic rings. The summed E-state index contributed by atoms with van der Waals surface area (Å²) < 4.78 is 6.90. The van der Waals surface area contributed by atoms with Gasteiger partial charge in [-0.05, 0) is 18.7 Å². The molecule has 0 radical (unpaired) electrons. The van der Waals surface area contributed by atoms with Crippen LogP contribution in [0.25, 0.3) is 0 Å².